The summed E-state index contributed by atoms with van der Waals surface area (Å²) in [6.07, 6.45) is -0.162. The molecule has 0 spiro atoms. The average Bonchev–Trinajstić information content (AvgIpc) is 2.62. The molecular weight excluding hydrogens is 366 g/mol. The first kappa shape index (κ1) is 20.8. The summed E-state index contributed by atoms with van der Waals surface area (Å²) >= 11 is 6.05. The second-order valence-corrected chi connectivity index (χ2v) is 6.60. The molecule has 27 heavy (non-hydrogen) atoms. The highest BCUT2D eigenvalue weighted by Gasteiger charge is 2.20. The van der Waals surface area contributed by atoms with Crippen molar-refractivity contribution in [3.8, 4) is 5.75 Å². The van der Waals surface area contributed by atoms with E-state index in [4.69, 9.17) is 21.1 Å². The number of hydrogen-bond acceptors (Lipinski definition) is 4. The van der Waals surface area contributed by atoms with Crippen molar-refractivity contribution in [2.75, 3.05) is 11.9 Å². The number of esters is 1. The molecule has 0 unspecified atom stereocenters. The number of benzene rings is 2. The van der Waals surface area contributed by atoms with Gasteiger partial charge in [0.1, 0.15) is 5.75 Å². The molecule has 2 rings (SSSR count). The van der Waals surface area contributed by atoms with E-state index in [1.807, 2.05) is 39.0 Å². The second kappa shape index (κ2) is 9.42. The fourth-order valence-corrected chi connectivity index (χ4v) is 2.79. The summed E-state index contributed by atoms with van der Waals surface area (Å²) in [5, 5.41) is 3.05. The van der Waals surface area contributed by atoms with E-state index in [9.17, 15) is 9.59 Å². The summed E-state index contributed by atoms with van der Waals surface area (Å²) in [6.45, 7) is 7.78. The number of hydrogen-bond donors (Lipinski definition) is 1. The summed E-state index contributed by atoms with van der Waals surface area (Å²) < 4.78 is 10.9. The zero-order valence-corrected chi connectivity index (χ0v) is 16.7. The first-order valence-electron chi connectivity index (χ1n) is 8.87. The maximum absolute atomic E-state index is 12.6. The van der Waals surface area contributed by atoms with Crippen LogP contribution in [-0.4, -0.2) is 24.6 Å². The molecule has 2 aromatic carbocycles. The largest absolute Gasteiger partial charge is 0.480 e. The lowest BCUT2D eigenvalue weighted by Gasteiger charge is -2.19. The molecule has 0 saturated carbocycles. The van der Waals surface area contributed by atoms with E-state index >= 15 is 0 Å². The monoisotopic (exact) mass is 389 g/mol. The van der Waals surface area contributed by atoms with Crippen molar-refractivity contribution < 1.29 is 19.1 Å². The van der Waals surface area contributed by atoms with Gasteiger partial charge < -0.3 is 14.8 Å². The molecule has 0 aliphatic carbocycles. The number of nitrogens with one attached hydrogen (secondary N) is 1. The highest BCUT2D eigenvalue weighted by molar-refractivity contribution is 6.33. The molecule has 0 radical (unpaired) electrons. The molecule has 6 heteroatoms. The average molecular weight is 390 g/mol. The van der Waals surface area contributed by atoms with Gasteiger partial charge >= 0.3 is 5.97 Å². The van der Waals surface area contributed by atoms with Crippen LogP contribution in [0.25, 0.3) is 0 Å². The Hall–Kier alpha value is -2.53. The third-order valence-corrected chi connectivity index (χ3v) is 4.32. The Labute approximate surface area is 164 Å². The summed E-state index contributed by atoms with van der Waals surface area (Å²) in [6, 6.07) is 10.5. The predicted octanol–water partition coefficient (Wildman–Crippen LogP) is 4.93. The highest BCUT2D eigenvalue weighted by atomic mass is 35.5. The van der Waals surface area contributed by atoms with Crippen LogP contribution in [0.15, 0.2) is 36.4 Å². The van der Waals surface area contributed by atoms with Crippen LogP contribution in [0.2, 0.25) is 5.02 Å². The van der Waals surface area contributed by atoms with E-state index in [1.54, 1.807) is 19.1 Å². The fraction of sp³-hybridized carbons (Fsp3) is 0.333. The van der Waals surface area contributed by atoms with Crippen LogP contribution >= 0.6 is 11.6 Å². The molecular formula is C21H24ClNO4. The minimum absolute atomic E-state index is 0.208. The van der Waals surface area contributed by atoms with Crippen molar-refractivity contribution >= 4 is 29.2 Å². The number of aryl methyl sites for hydroxylation is 2. The zero-order chi connectivity index (χ0) is 20.0. The maximum atomic E-state index is 12.6. The molecule has 0 aromatic heterocycles. The van der Waals surface area contributed by atoms with E-state index in [0.29, 0.717) is 17.9 Å². The number of ether oxygens (including phenoxy) is 2. The fourth-order valence-electron chi connectivity index (χ4n) is 2.60. The van der Waals surface area contributed by atoms with Crippen LogP contribution in [0, 0.1) is 13.8 Å². The molecule has 0 aliphatic rings. The smallest absolute Gasteiger partial charge is 0.339 e. The Morgan fingerprint density at radius 1 is 1.11 bits per heavy atom. The zero-order valence-electron chi connectivity index (χ0n) is 16.0. The van der Waals surface area contributed by atoms with Crippen LogP contribution in [0.1, 0.15) is 41.8 Å². The quantitative estimate of drug-likeness (QED) is 0.682. The standard InChI is InChI=1S/C21H24ClNO4/c1-5-18(27-19-10-7-13(3)11-14(19)4)20(24)23-15-8-9-17(22)16(12-15)21(25)26-6-2/h7-12,18H,5-6H2,1-4H3,(H,23,24)/t18-/m1/s1. The Kier molecular flexibility index (Phi) is 7.25. The van der Waals surface area contributed by atoms with Gasteiger partial charge in [-0.25, -0.2) is 4.79 Å². The number of rotatable bonds is 7. The van der Waals surface area contributed by atoms with Gasteiger partial charge in [-0.15, -0.1) is 0 Å². The second-order valence-electron chi connectivity index (χ2n) is 6.19. The molecule has 1 atom stereocenters. The SMILES string of the molecule is CCOC(=O)c1cc(NC(=O)[C@@H](CC)Oc2ccc(C)cc2C)ccc1Cl. The summed E-state index contributed by atoms with van der Waals surface area (Å²) in [7, 11) is 0. The molecule has 0 bridgehead atoms. The topological polar surface area (TPSA) is 64.6 Å². The first-order valence-corrected chi connectivity index (χ1v) is 9.25. The molecule has 2 aromatic rings. The summed E-state index contributed by atoms with van der Waals surface area (Å²) in [5.41, 5.74) is 2.76. The van der Waals surface area contributed by atoms with Crippen LogP contribution in [-0.2, 0) is 9.53 Å². The number of carbonyl (C=O) groups excluding carboxylic acids is 2. The van der Waals surface area contributed by atoms with Gasteiger partial charge in [-0.3, -0.25) is 4.79 Å². The van der Waals surface area contributed by atoms with Crippen LogP contribution in [0.3, 0.4) is 0 Å². The van der Waals surface area contributed by atoms with Crippen LogP contribution < -0.4 is 10.1 Å². The lowest BCUT2D eigenvalue weighted by Crippen LogP contribution is -2.32. The van der Waals surface area contributed by atoms with E-state index in [-0.39, 0.29) is 23.1 Å². The maximum Gasteiger partial charge on any atom is 0.339 e. The Balaban J connectivity index is 2.14. The van der Waals surface area contributed by atoms with Gasteiger partial charge in [0.25, 0.3) is 5.91 Å². The molecule has 144 valence electrons. The Morgan fingerprint density at radius 2 is 1.85 bits per heavy atom. The van der Waals surface area contributed by atoms with Crippen molar-refractivity contribution in [3.63, 3.8) is 0 Å². The lowest BCUT2D eigenvalue weighted by molar-refractivity contribution is -0.122. The normalized spacial score (nSPS) is 11.6. The van der Waals surface area contributed by atoms with Gasteiger partial charge in [0, 0.05) is 5.69 Å². The number of carbonyl (C=O) groups is 2. The van der Waals surface area contributed by atoms with Crippen LogP contribution in [0.4, 0.5) is 5.69 Å². The van der Waals surface area contributed by atoms with E-state index in [2.05, 4.69) is 5.32 Å². The molecule has 1 N–H and O–H groups in total. The minimum Gasteiger partial charge on any atom is -0.480 e. The van der Waals surface area contributed by atoms with Gasteiger partial charge in [-0.1, -0.05) is 36.2 Å². The molecule has 0 fully saturated rings. The van der Waals surface area contributed by atoms with Crippen molar-refractivity contribution in [1.82, 2.24) is 0 Å². The van der Waals surface area contributed by atoms with Crippen molar-refractivity contribution in [2.24, 2.45) is 0 Å². The predicted molar refractivity (Wildman–Crippen MR) is 107 cm³/mol. The Bertz CT molecular complexity index is 835. The first-order chi connectivity index (χ1) is 12.8. The van der Waals surface area contributed by atoms with Gasteiger partial charge in [-0.2, -0.15) is 0 Å². The minimum atomic E-state index is -0.659. The molecule has 0 aliphatic heterocycles. The van der Waals surface area contributed by atoms with Crippen LogP contribution in [0.5, 0.6) is 5.75 Å². The number of halogens is 1. The van der Waals surface area contributed by atoms with Crippen molar-refractivity contribution in [2.45, 2.75) is 40.2 Å². The van der Waals surface area contributed by atoms with Crippen molar-refractivity contribution in [3.05, 3.63) is 58.1 Å². The van der Waals surface area contributed by atoms with E-state index in [1.165, 1.54) is 6.07 Å². The van der Waals surface area contributed by atoms with E-state index < -0.39 is 12.1 Å². The van der Waals surface area contributed by atoms with E-state index in [0.717, 1.165) is 11.1 Å². The van der Waals surface area contributed by atoms with Gasteiger partial charge in [0.2, 0.25) is 0 Å². The van der Waals surface area contributed by atoms with Crippen molar-refractivity contribution in [1.29, 1.82) is 0 Å². The lowest BCUT2D eigenvalue weighted by atomic mass is 10.1. The van der Waals surface area contributed by atoms with Gasteiger partial charge in [0.15, 0.2) is 6.10 Å². The number of amides is 1. The third kappa shape index (κ3) is 5.47. The number of anilines is 1. The highest BCUT2D eigenvalue weighted by Crippen LogP contribution is 2.24. The Morgan fingerprint density at radius 3 is 2.48 bits per heavy atom. The molecule has 5 nitrogen and oxygen atoms in total. The molecule has 0 heterocycles. The molecule has 1 amide bonds. The molecule has 0 saturated heterocycles. The van der Waals surface area contributed by atoms with Gasteiger partial charge in [0.05, 0.1) is 17.2 Å². The summed E-state index contributed by atoms with van der Waals surface area (Å²) in [5.74, 6) is -0.155. The third-order valence-electron chi connectivity index (χ3n) is 3.99. The van der Waals surface area contributed by atoms with Gasteiger partial charge in [-0.05, 0) is 57.0 Å². The summed E-state index contributed by atoms with van der Waals surface area (Å²) in [4.78, 5) is 24.6.